The molecule has 2 aromatic rings. The third-order valence-corrected chi connectivity index (χ3v) is 2.60. The smallest absolute Gasteiger partial charge is 0.123 e. The third kappa shape index (κ3) is 3.15. The molecule has 0 aromatic heterocycles. The molecule has 0 heterocycles. The first-order chi connectivity index (χ1) is 8.28. The van der Waals surface area contributed by atoms with Gasteiger partial charge in [0.25, 0.3) is 0 Å². The number of nitrogens with zero attached hydrogens (tertiary/aromatic N) is 1. The normalized spacial score (nSPS) is 9.88. The highest BCUT2D eigenvalue weighted by atomic mass is 19.1. The van der Waals surface area contributed by atoms with Gasteiger partial charge in [-0.05, 0) is 35.2 Å². The minimum Gasteiger partial charge on any atom is -0.207 e. The highest BCUT2D eigenvalue weighted by Crippen LogP contribution is 2.12. The Hall–Kier alpha value is -2.14. The van der Waals surface area contributed by atoms with Crippen LogP contribution in [-0.2, 0) is 12.8 Å². The Bertz CT molecular complexity index is 538. The number of hydrogen-bond acceptors (Lipinski definition) is 1. The van der Waals surface area contributed by atoms with E-state index in [1.807, 2.05) is 24.3 Å². The van der Waals surface area contributed by atoms with Crippen LogP contribution in [0.3, 0.4) is 0 Å². The maximum absolute atomic E-state index is 12.8. The van der Waals surface area contributed by atoms with E-state index in [9.17, 15) is 4.39 Å². The van der Waals surface area contributed by atoms with Crippen molar-refractivity contribution in [1.82, 2.24) is 0 Å². The largest absolute Gasteiger partial charge is 0.207 e. The average molecular weight is 225 g/mol. The second-order valence-corrected chi connectivity index (χ2v) is 3.96. The lowest BCUT2D eigenvalue weighted by Crippen LogP contribution is -1.90. The fourth-order valence-electron chi connectivity index (χ4n) is 1.78. The van der Waals surface area contributed by atoms with Gasteiger partial charge in [-0.25, -0.2) is 4.39 Å². The minimum atomic E-state index is -0.216. The summed E-state index contributed by atoms with van der Waals surface area (Å²) in [5, 5.41) is 8.64. The predicted molar refractivity (Wildman–Crippen MR) is 65.0 cm³/mol. The maximum atomic E-state index is 12.8. The van der Waals surface area contributed by atoms with E-state index in [0.29, 0.717) is 6.42 Å². The lowest BCUT2D eigenvalue weighted by molar-refractivity contribution is 0.627. The standard InChI is InChI=1S/C15H12FN/c16-15-6-4-13(5-7-15)11-14-3-1-2-12(10-14)8-9-17/h1-7,10H,8,11H2. The van der Waals surface area contributed by atoms with Gasteiger partial charge in [-0.1, -0.05) is 36.4 Å². The molecular formula is C15H12FN. The summed E-state index contributed by atoms with van der Waals surface area (Å²) in [7, 11) is 0. The summed E-state index contributed by atoms with van der Waals surface area (Å²) in [6.45, 7) is 0. The van der Waals surface area contributed by atoms with Gasteiger partial charge in [0.1, 0.15) is 5.82 Å². The molecule has 0 atom stereocenters. The van der Waals surface area contributed by atoms with Crippen molar-refractivity contribution in [1.29, 1.82) is 5.26 Å². The first-order valence-electron chi connectivity index (χ1n) is 5.47. The Morgan fingerprint density at radius 3 is 2.35 bits per heavy atom. The molecule has 0 unspecified atom stereocenters. The third-order valence-electron chi connectivity index (χ3n) is 2.60. The van der Waals surface area contributed by atoms with E-state index in [-0.39, 0.29) is 5.82 Å². The first kappa shape index (κ1) is 11.3. The van der Waals surface area contributed by atoms with Crippen molar-refractivity contribution in [3.8, 4) is 6.07 Å². The van der Waals surface area contributed by atoms with Crippen LogP contribution in [0.5, 0.6) is 0 Å². The van der Waals surface area contributed by atoms with Crippen LogP contribution in [0.25, 0.3) is 0 Å². The minimum absolute atomic E-state index is 0.216. The molecule has 0 aliphatic heterocycles. The molecule has 0 aliphatic carbocycles. The molecular weight excluding hydrogens is 213 g/mol. The first-order valence-corrected chi connectivity index (χ1v) is 5.47. The predicted octanol–water partition coefficient (Wildman–Crippen LogP) is 3.48. The number of hydrogen-bond donors (Lipinski definition) is 0. The Kier molecular flexibility index (Phi) is 3.52. The molecule has 0 spiro atoms. The zero-order valence-electron chi connectivity index (χ0n) is 9.36. The van der Waals surface area contributed by atoms with Crippen molar-refractivity contribution in [3.05, 3.63) is 71.0 Å². The van der Waals surface area contributed by atoms with Crippen LogP contribution in [0.15, 0.2) is 48.5 Å². The number of rotatable bonds is 3. The molecule has 17 heavy (non-hydrogen) atoms. The van der Waals surface area contributed by atoms with Gasteiger partial charge in [0.2, 0.25) is 0 Å². The molecule has 0 amide bonds. The van der Waals surface area contributed by atoms with E-state index in [2.05, 4.69) is 6.07 Å². The fourth-order valence-corrected chi connectivity index (χ4v) is 1.78. The van der Waals surface area contributed by atoms with E-state index < -0.39 is 0 Å². The summed E-state index contributed by atoms with van der Waals surface area (Å²) in [4.78, 5) is 0. The van der Waals surface area contributed by atoms with Crippen LogP contribution < -0.4 is 0 Å². The zero-order chi connectivity index (χ0) is 12.1. The lowest BCUT2D eigenvalue weighted by atomic mass is 10.0. The maximum Gasteiger partial charge on any atom is 0.123 e. The van der Waals surface area contributed by atoms with Crippen LogP contribution in [0.2, 0.25) is 0 Å². The number of benzene rings is 2. The molecule has 0 N–H and O–H groups in total. The summed E-state index contributed by atoms with van der Waals surface area (Å²) < 4.78 is 12.8. The number of nitriles is 1. The van der Waals surface area contributed by atoms with Crippen LogP contribution in [-0.4, -0.2) is 0 Å². The quantitative estimate of drug-likeness (QED) is 0.784. The van der Waals surface area contributed by atoms with E-state index in [0.717, 1.165) is 23.1 Å². The summed E-state index contributed by atoms with van der Waals surface area (Å²) in [5.41, 5.74) is 3.23. The molecule has 0 aliphatic rings. The van der Waals surface area contributed by atoms with Crippen molar-refractivity contribution < 1.29 is 4.39 Å². The molecule has 0 bridgehead atoms. The van der Waals surface area contributed by atoms with E-state index in [1.54, 1.807) is 12.1 Å². The van der Waals surface area contributed by atoms with Crippen LogP contribution in [0.1, 0.15) is 16.7 Å². The van der Waals surface area contributed by atoms with Gasteiger partial charge in [-0.2, -0.15) is 5.26 Å². The second-order valence-electron chi connectivity index (χ2n) is 3.96. The molecule has 2 rings (SSSR count). The van der Waals surface area contributed by atoms with Gasteiger partial charge in [0, 0.05) is 0 Å². The van der Waals surface area contributed by atoms with Crippen molar-refractivity contribution in [2.75, 3.05) is 0 Å². The Balaban J connectivity index is 2.16. The monoisotopic (exact) mass is 225 g/mol. The van der Waals surface area contributed by atoms with Gasteiger partial charge in [-0.15, -0.1) is 0 Å². The van der Waals surface area contributed by atoms with E-state index >= 15 is 0 Å². The van der Waals surface area contributed by atoms with Crippen LogP contribution in [0.4, 0.5) is 4.39 Å². The summed E-state index contributed by atoms with van der Waals surface area (Å²) in [6.07, 6.45) is 1.19. The molecule has 1 nitrogen and oxygen atoms in total. The van der Waals surface area contributed by atoms with E-state index in [1.165, 1.54) is 12.1 Å². The molecule has 0 saturated carbocycles. The van der Waals surface area contributed by atoms with Crippen LogP contribution in [0, 0.1) is 17.1 Å². The van der Waals surface area contributed by atoms with Crippen molar-refractivity contribution in [2.45, 2.75) is 12.8 Å². The highest BCUT2D eigenvalue weighted by molar-refractivity contribution is 5.30. The van der Waals surface area contributed by atoms with Crippen molar-refractivity contribution in [3.63, 3.8) is 0 Å². The molecule has 84 valence electrons. The second kappa shape index (κ2) is 5.27. The Morgan fingerprint density at radius 2 is 1.65 bits per heavy atom. The number of halogens is 1. The topological polar surface area (TPSA) is 23.8 Å². The summed E-state index contributed by atoms with van der Waals surface area (Å²) in [6, 6.07) is 16.6. The van der Waals surface area contributed by atoms with E-state index in [4.69, 9.17) is 5.26 Å². The molecule has 2 heteroatoms. The molecule has 0 fully saturated rings. The molecule has 2 aromatic carbocycles. The van der Waals surface area contributed by atoms with Gasteiger partial charge in [0.15, 0.2) is 0 Å². The van der Waals surface area contributed by atoms with Gasteiger partial charge < -0.3 is 0 Å². The average Bonchev–Trinajstić information content (AvgIpc) is 2.33. The zero-order valence-corrected chi connectivity index (χ0v) is 9.36. The van der Waals surface area contributed by atoms with Crippen molar-refractivity contribution >= 4 is 0 Å². The Labute approximate surface area is 100 Å². The van der Waals surface area contributed by atoms with Crippen LogP contribution >= 0.6 is 0 Å². The fraction of sp³-hybridized carbons (Fsp3) is 0.133. The molecule has 0 radical (unpaired) electrons. The molecule has 0 saturated heterocycles. The SMILES string of the molecule is N#CCc1cccc(Cc2ccc(F)cc2)c1. The highest BCUT2D eigenvalue weighted by Gasteiger charge is 1.98. The van der Waals surface area contributed by atoms with Crippen molar-refractivity contribution in [2.24, 2.45) is 0 Å². The lowest BCUT2D eigenvalue weighted by Gasteiger charge is -2.03. The summed E-state index contributed by atoms with van der Waals surface area (Å²) >= 11 is 0. The van der Waals surface area contributed by atoms with Gasteiger partial charge in [0.05, 0.1) is 12.5 Å². The van der Waals surface area contributed by atoms with Gasteiger partial charge >= 0.3 is 0 Å². The summed E-state index contributed by atoms with van der Waals surface area (Å²) in [5.74, 6) is -0.216. The Morgan fingerprint density at radius 1 is 0.941 bits per heavy atom. The van der Waals surface area contributed by atoms with Gasteiger partial charge in [-0.3, -0.25) is 0 Å².